The summed E-state index contributed by atoms with van der Waals surface area (Å²) in [7, 11) is 0. The number of aromatic nitrogens is 1. The number of thioether (sulfide) groups is 1. The van der Waals surface area contributed by atoms with Gasteiger partial charge in [-0.3, -0.25) is 14.4 Å². The van der Waals surface area contributed by atoms with Crippen molar-refractivity contribution in [3.8, 4) is 11.3 Å². The minimum Gasteiger partial charge on any atom is -0.321 e. The van der Waals surface area contributed by atoms with Gasteiger partial charge in [-0.05, 0) is 54.1 Å². The third-order valence-corrected chi connectivity index (χ3v) is 8.27. The van der Waals surface area contributed by atoms with Gasteiger partial charge >= 0.3 is 0 Å². The van der Waals surface area contributed by atoms with E-state index in [1.54, 1.807) is 48.5 Å². The molecule has 0 unspecified atom stereocenters. The van der Waals surface area contributed by atoms with Crippen LogP contribution >= 0.6 is 39.0 Å². The van der Waals surface area contributed by atoms with E-state index in [-0.39, 0.29) is 17.4 Å². The maximum atomic E-state index is 13.4. The van der Waals surface area contributed by atoms with Gasteiger partial charge in [0, 0.05) is 31.6 Å². The summed E-state index contributed by atoms with van der Waals surface area (Å²) in [5, 5.41) is 10.9. The Balaban J connectivity index is 1.22. The highest BCUT2D eigenvalue weighted by Crippen LogP contribution is 2.26. The number of carbonyl (C=O) groups is 3. The van der Waals surface area contributed by atoms with Gasteiger partial charge in [0.15, 0.2) is 5.13 Å². The van der Waals surface area contributed by atoms with Crippen LogP contribution in [0.5, 0.6) is 0 Å². The van der Waals surface area contributed by atoms with Crippen LogP contribution in [0, 0.1) is 0 Å². The summed E-state index contributed by atoms with van der Waals surface area (Å²) >= 11 is 6.12. The molecule has 7 nitrogen and oxygen atoms in total. The maximum Gasteiger partial charge on any atom is 0.272 e. The highest BCUT2D eigenvalue weighted by molar-refractivity contribution is 9.10. The number of anilines is 2. The molecule has 0 aliphatic rings. The molecule has 0 bridgehead atoms. The Bertz CT molecular complexity index is 1760. The molecule has 0 aliphatic carbocycles. The van der Waals surface area contributed by atoms with Gasteiger partial charge in [0.25, 0.3) is 11.8 Å². The molecule has 43 heavy (non-hydrogen) atoms. The van der Waals surface area contributed by atoms with Gasteiger partial charge < -0.3 is 16.0 Å². The monoisotopic (exact) mass is 668 g/mol. The molecule has 1 heterocycles. The van der Waals surface area contributed by atoms with Crippen molar-refractivity contribution in [1.82, 2.24) is 10.3 Å². The van der Waals surface area contributed by atoms with E-state index < -0.39 is 11.8 Å². The second-order valence-corrected chi connectivity index (χ2v) is 12.0. The first-order valence-electron chi connectivity index (χ1n) is 13.1. The number of hydrogen-bond donors (Lipinski definition) is 3. The van der Waals surface area contributed by atoms with Gasteiger partial charge in [-0.2, -0.15) is 0 Å². The lowest BCUT2D eigenvalue weighted by Gasteiger charge is -2.12. The van der Waals surface area contributed by atoms with Gasteiger partial charge in [-0.1, -0.05) is 82.7 Å². The van der Waals surface area contributed by atoms with Gasteiger partial charge in [-0.15, -0.1) is 23.1 Å². The third kappa shape index (κ3) is 8.74. The second-order valence-electron chi connectivity index (χ2n) is 9.15. The first kappa shape index (κ1) is 30.0. The molecule has 3 amide bonds. The van der Waals surface area contributed by atoms with Crippen molar-refractivity contribution >= 4 is 73.6 Å². The molecule has 0 atom stereocenters. The summed E-state index contributed by atoms with van der Waals surface area (Å²) in [6.07, 6.45) is 1.62. The van der Waals surface area contributed by atoms with Crippen molar-refractivity contribution in [2.75, 3.05) is 16.4 Å². The molecule has 0 saturated carbocycles. The van der Waals surface area contributed by atoms with E-state index in [4.69, 9.17) is 0 Å². The van der Waals surface area contributed by atoms with E-state index in [2.05, 4.69) is 36.9 Å². The zero-order valence-corrected chi connectivity index (χ0v) is 25.8. The Morgan fingerprint density at radius 2 is 1.56 bits per heavy atom. The Labute approximate surface area is 265 Å². The van der Waals surface area contributed by atoms with Gasteiger partial charge in [-0.25, -0.2) is 4.98 Å². The lowest BCUT2D eigenvalue weighted by Crippen LogP contribution is -2.30. The fourth-order valence-electron chi connectivity index (χ4n) is 3.91. The van der Waals surface area contributed by atoms with Gasteiger partial charge in [0.05, 0.1) is 11.4 Å². The predicted molar refractivity (Wildman–Crippen MR) is 178 cm³/mol. The van der Waals surface area contributed by atoms with Crippen LogP contribution in [0.25, 0.3) is 17.3 Å². The average Bonchev–Trinajstić information content (AvgIpc) is 3.50. The number of halogens is 1. The van der Waals surface area contributed by atoms with E-state index >= 15 is 0 Å². The smallest absolute Gasteiger partial charge is 0.272 e. The largest absolute Gasteiger partial charge is 0.321 e. The van der Waals surface area contributed by atoms with Gasteiger partial charge in [0.2, 0.25) is 5.91 Å². The third-order valence-electron chi connectivity index (χ3n) is 5.99. The molecule has 3 N–H and O–H groups in total. The van der Waals surface area contributed by atoms with Crippen LogP contribution in [0.4, 0.5) is 10.8 Å². The van der Waals surface area contributed by atoms with Crippen LogP contribution in [-0.4, -0.2) is 28.5 Å². The average molecular weight is 670 g/mol. The van der Waals surface area contributed by atoms with Crippen LogP contribution < -0.4 is 16.0 Å². The fraction of sp³-hybridized carbons (Fsp3) is 0.0303. The molecule has 5 rings (SSSR count). The Hall–Kier alpha value is -4.51. The first-order chi connectivity index (χ1) is 20.9. The molecular formula is C33H25BrN4O3S2. The Morgan fingerprint density at radius 3 is 2.30 bits per heavy atom. The molecule has 1 aromatic heterocycles. The van der Waals surface area contributed by atoms with E-state index in [1.165, 1.54) is 23.1 Å². The Kier molecular flexibility index (Phi) is 10.2. The molecule has 5 aromatic rings. The number of rotatable bonds is 10. The summed E-state index contributed by atoms with van der Waals surface area (Å²) in [4.78, 5) is 44.1. The number of thiazole rings is 1. The maximum absolute atomic E-state index is 13.4. The Morgan fingerprint density at radius 1 is 0.837 bits per heavy atom. The SMILES string of the molecule is O=C(CSc1cccc(NC(=O)/C(=C/c2ccc(Br)cc2)NC(=O)c2ccccc2)c1)Nc1nc(-c2ccccc2)cs1. The summed E-state index contributed by atoms with van der Waals surface area (Å²) in [5.74, 6) is -0.896. The number of carbonyl (C=O) groups excluding carboxylic acids is 3. The van der Waals surface area contributed by atoms with Crippen molar-refractivity contribution < 1.29 is 14.4 Å². The highest BCUT2D eigenvalue weighted by Gasteiger charge is 2.16. The van der Waals surface area contributed by atoms with Crippen molar-refractivity contribution in [3.63, 3.8) is 0 Å². The van der Waals surface area contributed by atoms with Gasteiger partial charge in [0.1, 0.15) is 5.70 Å². The summed E-state index contributed by atoms with van der Waals surface area (Å²) in [5.41, 5.74) is 3.59. The van der Waals surface area contributed by atoms with Crippen LogP contribution in [0.1, 0.15) is 15.9 Å². The summed E-state index contributed by atoms with van der Waals surface area (Å²) < 4.78 is 0.899. The van der Waals surface area contributed by atoms with Crippen LogP contribution in [0.2, 0.25) is 0 Å². The molecular weight excluding hydrogens is 644 g/mol. The molecule has 0 radical (unpaired) electrons. The number of amides is 3. The first-order valence-corrected chi connectivity index (χ1v) is 15.8. The van der Waals surface area contributed by atoms with E-state index in [0.717, 1.165) is 26.2 Å². The van der Waals surface area contributed by atoms with Crippen molar-refractivity contribution in [1.29, 1.82) is 0 Å². The van der Waals surface area contributed by atoms with Crippen molar-refractivity contribution in [2.24, 2.45) is 0 Å². The predicted octanol–water partition coefficient (Wildman–Crippen LogP) is 7.71. The van der Waals surface area contributed by atoms with Crippen molar-refractivity contribution in [2.45, 2.75) is 4.90 Å². The number of nitrogens with one attached hydrogen (secondary N) is 3. The minimum atomic E-state index is -0.481. The molecule has 214 valence electrons. The molecule has 10 heteroatoms. The molecule has 0 saturated heterocycles. The lowest BCUT2D eigenvalue weighted by molar-refractivity contribution is -0.114. The lowest BCUT2D eigenvalue weighted by atomic mass is 10.1. The molecule has 0 spiro atoms. The zero-order valence-electron chi connectivity index (χ0n) is 22.6. The molecule has 0 aliphatic heterocycles. The van der Waals surface area contributed by atoms with E-state index in [0.29, 0.717) is 16.4 Å². The molecule has 4 aromatic carbocycles. The quantitative estimate of drug-likeness (QED) is 0.105. The summed E-state index contributed by atoms with van der Waals surface area (Å²) in [6, 6.07) is 33.0. The van der Waals surface area contributed by atoms with Crippen molar-refractivity contribution in [3.05, 3.63) is 136 Å². The topological polar surface area (TPSA) is 100 Å². The van der Waals surface area contributed by atoms with E-state index in [1.807, 2.05) is 72.1 Å². The van der Waals surface area contributed by atoms with Crippen LogP contribution in [-0.2, 0) is 9.59 Å². The normalized spacial score (nSPS) is 11.0. The summed E-state index contributed by atoms with van der Waals surface area (Å²) in [6.45, 7) is 0. The standard InChI is InChI=1S/C33H25BrN4O3S2/c34-25-16-14-22(15-17-25)18-28(36-31(40)24-10-5-2-6-11-24)32(41)35-26-12-7-13-27(19-26)42-21-30(39)38-33-37-29(20-43-33)23-8-3-1-4-9-23/h1-20H,21H2,(H,35,41)(H,36,40)(H,37,38,39)/b28-18-. The van der Waals surface area contributed by atoms with Crippen LogP contribution in [0.3, 0.4) is 0 Å². The zero-order chi connectivity index (χ0) is 30.0. The number of hydrogen-bond acceptors (Lipinski definition) is 6. The minimum absolute atomic E-state index is 0.0897. The second kappa shape index (κ2) is 14.6. The number of benzene rings is 4. The fourth-order valence-corrected chi connectivity index (χ4v) is 5.66. The van der Waals surface area contributed by atoms with E-state index in [9.17, 15) is 14.4 Å². The van der Waals surface area contributed by atoms with Crippen LogP contribution in [0.15, 0.2) is 130 Å². The highest BCUT2D eigenvalue weighted by atomic mass is 79.9. The number of nitrogens with zero attached hydrogens (tertiary/aromatic N) is 1. The molecule has 0 fully saturated rings.